The van der Waals surface area contributed by atoms with Crippen LogP contribution in [0.5, 0.6) is 11.5 Å². The van der Waals surface area contributed by atoms with Gasteiger partial charge in [-0.1, -0.05) is 12.1 Å². The Bertz CT molecular complexity index is 919. The van der Waals surface area contributed by atoms with E-state index in [9.17, 15) is 4.79 Å². The van der Waals surface area contributed by atoms with E-state index >= 15 is 0 Å². The summed E-state index contributed by atoms with van der Waals surface area (Å²) in [5.74, 6) is 1.28. The van der Waals surface area contributed by atoms with E-state index in [1.807, 2.05) is 43.6 Å². The van der Waals surface area contributed by atoms with Crippen LogP contribution in [0.2, 0.25) is 0 Å². The fourth-order valence-electron chi connectivity index (χ4n) is 2.94. The summed E-state index contributed by atoms with van der Waals surface area (Å²) in [6.45, 7) is 3.11. The number of benzene rings is 1. The van der Waals surface area contributed by atoms with E-state index in [0.29, 0.717) is 31.1 Å². The highest BCUT2D eigenvalue weighted by molar-refractivity contribution is 7.09. The average Bonchev–Trinajstić information content (AvgIpc) is 3.30. The molecule has 1 aliphatic rings. The normalized spacial score (nSPS) is 15.6. The van der Waals surface area contributed by atoms with E-state index in [0.717, 1.165) is 16.5 Å². The van der Waals surface area contributed by atoms with Crippen molar-refractivity contribution in [2.45, 2.75) is 19.6 Å². The topological polar surface area (TPSA) is 69.5 Å². The van der Waals surface area contributed by atoms with E-state index in [1.54, 1.807) is 21.8 Å². The molecule has 140 valence electrons. The molecule has 1 aromatic carbocycles. The molecule has 1 aliphatic heterocycles. The van der Waals surface area contributed by atoms with Gasteiger partial charge in [-0.25, -0.2) is 4.98 Å². The third-order valence-corrected chi connectivity index (χ3v) is 5.19. The Morgan fingerprint density at radius 3 is 2.89 bits per heavy atom. The predicted molar refractivity (Wildman–Crippen MR) is 101 cm³/mol. The van der Waals surface area contributed by atoms with Crippen LogP contribution >= 0.6 is 11.3 Å². The smallest absolute Gasteiger partial charge is 0.274 e. The molecule has 27 heavy (non-hydrogen) atoms. The van der Waals surface area contributed by atoms with E-state index in [4.69, 9.17) is 9.47 Å². The first kappa shape index (κ1) is 17.5. The number of rotatable bonds is 5. The van der Waals surface area contributed by atoms with Gasteiger partial charge in [-0.3, -0.25) is 9.48 Å². The quantitative estimate of drug-likeness (QED) is 0.676. The van der Waals surface area contributed by atoms with Gasteiger partial charge in [-0.2, -0.15) is 5.10 Å². The molecule has 0 saturated heterocycles. The molecule has 0 fully saturated rings. The first-order valence-corrected chi connectivity index (χ1v) is 9.55. The standard InChI is InChI=1S/C19H20N4O3S/c1-13-9-15(21-22(13)2)19(24)23(11-18-20-7-8-27-18)10-14-12-25-16-5-3-4-6-17(16)26-14/h3-9,14H,10-12H2,1-2H3/t14-/m0/s1. The molecule has 2 aromatic heterocycles. The number of fused-ring (bicyclic) bond motifs is 1. The lowest BCUT2D eigenvalue weighted by Crippen LogP contribution is -2.43. The summed E-state index contributed by atoms with van der Waals surface area (Å²) < 4.78 is 13.5. The molecule has 1 amide bonds. The molecular weight excluding hydrogens is 364 g/mol. The zero-order valence-electron chi connectivity index (χ0n) is 15.2. The number of carbonyl (C=O) groups is 1. The molecule has 0 unspecified atom stereocenters. The van der Waals surface area contributed by atoms with Gasteiger partial charge in [0.05, 0.1) is 13.1 Å². The molecule has 0 N–H and O–H groups in total. The minimum absolute atomic E-state index is 0.142. The fourth-order valence-corrected chi connectivity index (χ4v) is 3.57. The Morgan fingerprint density at radius 2 is 2.19 bits per heavy atom. The number of ether oxygens (including phenoxy) is 2. The summed E-state index contributed by atoms with van der Waals surface area (Å²) >= 11 is 1.52. The van der Waals surface area contributed by atoms with Crippen molar-refractivity contribution >= 4 is 17.2 Å². The Labute approximate surface area is 161 Å². The maximum Gasteiger partial charge on any atom is 0.274 e. The van der Waals surface area contributed by atoms with Gasteiger partial charge in [0.2, 0.25) is 0 Å². The van der Waals surface area contributed by atoms with Crippen LogP contribution in [0.1, 0.15) is 21.2 Å². The van der Waals surface area contributed by atoms with E-state index in [2.05, 4.69) is 10.1 Å². The van der Waals surface area contributed by atoms with Crippen molar-refractivity contribution < 1.29 is 14.3 Å². The van der Waals surface area contributed by atoms with Gasteiger partial charge in [-0.15, -0.1) is 11.3 Å². The number of carbonyl (C=O) groups excluding carboxylic acids is 1. The molecule has 7 nitrogen and oxygen atoms in total. The SMILES string of the molecule is Cc1cc(C(=O)N(Cc2nccs2)C[C@H]2COc3ccccc3O2)nn1C. The maximum atomic E-state index is 13.1. The molecule has 1 atom stereocenters. The first-order valence-electron chi connectivity index (χ1n) is 8.67. The molecule has 0 radical (unpaired) electrons. The molecular formula is C19H20N4O3S. The van der Waals surface area contributed by atoms with Crippen molar-refractivity contribution in [1.82, 2.24) is 19.7 Å². The number of aryl methyl sites for hydroxylation is 2. The van der Waals surface area contributed by atoms with E-state index < -0.39 is 0 Å². The van der Waals surface area contributed by atoms with Crippen molar-refractivity contribution in [3.63, 3.8) is 0 Å². The highest BCUT2D eigenvalue weighted by Gasteiger charge is 2.28. The van der Waals surface area contributed by atoms with Gasteiger partial charge in [0.15, 0.2) is 23.3 Å². The Morgan fingerprint density at radius 1 is 1.37 bits per heavy atom. The zero-order valence-corrected chi connectivity index (χ0v) is 16.0. The van der Waals surface area contributed by atoms with Gasteiger partial charge in [0.25, 0.3) is 5.91 Å². The zero-order chi connectivity index (χ0) is 18.8. The average molecular weight is 384 g/mol. The van der Waals surface area contributed by atoms with Crippen LogP contribution in [-0.2, 0) is 13.6 Å². The number of thiazole rings is 1. The second-order valence-electron chi connectivity index (χ2n) is 6.40. The van der Waals surface area contributed by atoms with Crippen molar-refractivity contribution in [3.05, 3.63) is 58.3 Å². The number of hydrogen-bond donors (Lipinski definition) is 0. The molecule has 8 heteroatoms. The highest BCUT2D eigenvalue weighted by atomic mass is 32.1. The summed E-state index contributed by atoms with van der Waals surface area (Å²) in [6, 6.07) is 9.35. The molecule has 4 rings (SSSR count). The van der Waals surface area contributed by atoms with Crippen LogP contribution in [0.25, 0.3) is 0 Å². The molecule has 0 saturated carbocycles. The van der Waals surface area contributed by atoms with Crippen LogP contribution in [0.4, 0.5) is 0 Å². The largest absolute Gasteiger partial charge is 0.486 e. The molecule has 3 aromatic rings. The minimum Gasteiger partial charge on any atom is -0.486 e. The van der Waals surface area contributed by atoms with E-state index in [-0.39, 0.29) is 12.0 Å². The Hall–Kier alpha value is -2.87. The van der Waals surface area contributed by atoms with E-state index in [1.165, 1.54) is 11.3 Å². The monoisotopic (exact) mass is 384 g/mol. The highest BCUT2D eigenvalue weighted by Crippen LogP contribution is 2.31. The second kappa shape index (κ2) is 7.40. The summed E-state index contributed by atoms with van der Waals surface area (Å²) in [7, 11) is 1.83. The lowest BCUT2D eigenvalue weighted by molar-refractivity contribution is 0.0440. The van der Waals surface area contributed by atoms with Crippen molar-refractivity contribution in [1.29, 1.82) is 0 Å². The lowest BCUT2D eigenvalue weighted by Gasteiger charge is -2.30. The van der Waals surface area contributed by atoms with Gasteiger partial charge < -0.3 is 14.4 Å². The third-order valence-electron chi connectivity index (χ3n) is 4.42. The van der Waals surface area contributed by atoms with Crippen LogP contribution in [0.3, 0.4) is 0 Å². The predicted octanol–water partition coefficient (Wildman–Crippen LogP) is 2.67. The van der Waals surface area contributed by atoms with Crippen molar-refractivity contribution in [3.8, 4) is 11.5 Å². The van der Waals surface area contributed by atoms with Crippen molar-refractivity contribution in [2.75, 3.05) is 13.2 Å². The number of nitrogens with zero attached hydrogens (tertiary/aromatic N) is 4. The molecule has 0 aliphatic carbocycles. The number of amides is 1. The van der Waals surface area contributed by atoms with Gasteiger partial charge in [0, 0.05) is 24.3 Å². The van der Waals surface area contributed by atoms with Gasteiger partial charge in [-0.05, 0) is 25.1 Å². The minimum atomic E-state index is -0.256. The first-order chi connectivity index (χ1) is 13.1. The summed E-state index contributed by atoms with van der Waals surface area (Å²) in [5, 5.41) is 7.10. The number of hydrogen-bond acceptors (Lipinski definition) is 6. The number of aromatic nitrogens is 3. The fraction of sp³-hybridized carbons (Fsp3) is 0.316. The Kier molecular flexibility index (Phi) is 4.81. The van der Waals surface area contributed by atoms with Crippen LogP contribution in [0, 0.1) is 6.92 Å². The summed E-state index contributed by atoms with van der Waals surface area (Å²) in [6.07, 6.45) is 1.48. The van der Waals surface area contributed by atoms with Gasteiger partial charge >= 0.3 is 0 Å². The van der Waals surface area contributed by atoms with Crippen LogP contribution in [-0.4, -0.2) is 44.8 Å². The lowest BCUT2D eigenvalue weighted by atomic mass is 10.2. The molecule has 3 heterocycles. The third kappa shape index (κ3) is 3.80. The molecule has 0 bridgehead atoms. The van der Waals surface area contributed by atoms with Crippen LogP contribution in [0.15, 0.2) is 41.9 Å². The number of para-hydroxylation sites is 2. The van der Waals surface area contributed by atoms with Gasteiger partial charge in [0.1, 0.15) is 11.6 Å². The van der Waals surface area contributed by atoms with Crippen molar-refractivity contribution in [2.24, 2.45) is 7.05 Å². The summed E-state index contributed by atoms with van der Waals surface area (Å²) in [4.78, 5) is 19.1. The summed E-state index contributed by atoms with van der Waals surface area (Å²) in [5.41, 5.74) is 1.35. The Balaban J connectivity index is 1.54. The van der Waals surface area contributed by atoms with Crippen LogP contribution < -0.4 is 9.47 Å². The second-order valence-corrected chi connectivity index (χ2v) is 7.38. The molecule has 0 spiro atoms. The maximum absolute atomic E-state index is 13.1.